The Morgan fingerprint density at radius 2 is 1.85 bits per heavy atom. The number of amides is 2. The lowest BCUT2D eigenvalue weighted by atomic mass is 10.2. The number of ketones is 1. The molecule has 0 unspecified atom stereocenters. The molecule has 26 heavy (non-hydrogen) atoms. The van der Waals surface area contributed by atoms with Crippen LogP contribution in [0.5, 0.6) is 0 Å². The molecule has 1 aliphatic heterocycles. The van der Waals surface area contributed by atoms with Crippen LogP contribution in [-0.4, -0.2) is 41.3 Å². The SMILES string of the molecule is CC(=O)Nc1cccc(NC(=O)[C@H]2CCCN2/C=C/C(=O)C(F)(F)F)c1. The Hall–Kier alpha value is -2.84. The Labute approximate surface area is 148 Å². The van der Waals surface area contributed by atoms with E-state index in [4.69, 9.17) is 0 Å². The summed E-state index contributed by atoms with van der Waals surface area (Å²) in [4.78, 5) is 35.8. The van der Waals surface area contributed by atoms with Gasteiger partial charge in [-0.3, -0.25) is 14.4 Å². The number of likely N-dealkylation sites (tertiary alicyclic amines) is 1. The van der Waals surface area contributed by atoms with Gasteiger partial charge >= 0.3 is 6.18 Å². The summed E-state index contributed by atoms with van der Waals surface area (Å²) >= 11 is 0. The molecule has 9 heteroatoms. The Morgan fingerprint density at radius 1 is 1.19 bits per heavy atom. The quantitative estimate of drug-likeness (QED) is 0.783. The van der Waals surface area contributed by atoms with Crippen LogP contribution in [0.15, 0.2) is 36.5 Å². The summed E-state index contributed by atoms with van der Waals surface area (Å²) in [5, 5.41) is 5.26. The zero-order chi connectivity index (χ0) is 19.3. The molecule has 2 amide bonds. The Bertz CT molecular complexity index is 731. The predicted molar refractivity (Wildman–Crippen MR) is 89.3 cm³/mol. The smallest absolute Gasteiger partial charge is 0.365 e. The van der Waals surface area contributed by atoms with Gasteiger partial charge < -0.3 is 15.5 Å². The van der Waals surface area contributed by atoms with E-state index in [0.29, 0.717) is 36.8 Å². The normalized spacial score (nSPS) is 17.4. The number of allylic oxidation sites excluding steroid dienone is 1. The van der Waals surface area contributed by atoms with E-state index < -0.39 is 23.9 Å². The van der Waals surface area contributed by atoms with Crippen LogP contribution in [0.25, 0.3) is 0 Å². The van der Waals surface area contributed by atoms with Crippen molar-refractivity contribution in [3.8, 4) is 0 Å². The standard InChI is InChI=1S/C17H18F3N3O3/c1-11(24)21-12-4-2-5-13(10-12)22-16(26)14-6-3-8-23(14)9-7-15(25)17(18,19)20/h2,4-5,7,9-10,14H,3,6,8H2,1H3,(H,21,24)(H,22,26)/b9-7+/t14-/m1/s1. The van der Waals surface area contributed by atoms with E-state index in [2.05, 4.69) is 10.6 Å². The van der Waals surface area contributed by atoms with E-state index in [0.717, 1.165) is 6.20 Å². The largest absolute Gasteiger partial charge is 0.454 e. The third-order valence-electron chi connectivity index (χ3n) is 3.74. The molecule has 1 aromatic carbocycles. The zero-order valence-electron chi connectivity index (χ0n) is 14.0. The van der Waals surface area contributed by atoms with Crippen molar-refractivity contribution in [1.29, 1.82) is 0 Å². The van der Waals surface area contributed by atoms with Crippen molar-refractivity contribution in [1.82, 2.24) is 4.90 Å². The lowest BCUT2D eigenvalue weighted by Gasteiger charge is -2.22. The van der Waals surface area contributed by atoms with Crippen molar-refractivity contribution in [2.75, 3.05) is 17.2 Å². The molecule has 1 atom stereocenters. The third kappa shape index (κ3) is 5.33. The van der Waals surface area contributed by atoms with Gasteiger partial charge in [-0.15, -0.1) is 0 Å². The number of rotatable bonds is 5. The highest BCUT2D eigenvalue weighted by Crippen LogP contribution is 2.22. The van der Waals surface area contributed by atoms with Crippen LogP contribution < -0.4 is 10.6 Å². The zero-order valence-corrected chi connectivity index (χ0v) is 14.0. The number of nitrogens with zero attached hydrogens (tertiary/aromatic N) is 1. The predicted octanol–water partition coefficient (Wildman–Crippen LogP) is 2.69. The summed E-state index contributed by atoms with van der Waals surface area (Å²) in [7, 11) is 0. The fourth-order valence-electron chi connectivity index (χ4n) is 2.61. The second kappa shape index (κ2) is 8.03. The first-order chi connectivity index (χ1) is 12.2. The first-order valence-corrected chi connectivity index (χ1v) is 7.90. The molecule has 2 N–H and O–H groups in total. The van der Waals surface area contributed by atoms with Gasteiger partial charge in [0.1, 0.15) is 6.04 Å². The van der Waals surface area contributed by atoms with Crippen molar-refractivity contribution >= 4 is 29.0 Å². The van der Waals surface area contributed by atoms with Gasteiger partial charge in [-0.1, -0.05) is 6.07 Å². The van der Waals surface area contributed by atoms with Gasteiger partial charge in [-0.2, -0.15) is 13.2 Å². The van der Waals surface area contributed by atoms with Gasteiger partial charge in [0, 0.05) is 37.1 Å². The van der Waals surface area contributed by atoms with Crippen molar-refractivity contribution in [2.45, 2.75) is 32.0 Å². The average Bonchev–Trinajstić information content (AvgIpc) is 2.99. The highest BCUT2D eigenvalue weighted by atomic mass is 19.4. The number of anilines is 2. The van der Waals surface area contributed by atoms with E-state index >= 15 is 0 Å². The number of hydrogen-bond acceptors (Lipinski definition) is 4. The number of halogens is 3. The van der Waals surface area contributed by atoms with Crippen LogP contribution in [-0.2, 0) is 14.4 Å². The van der Waals surface area contributed by atoms with Gasteiger partial charge in [0.2, 0.25) is 11.8 Å². The Balaban J connectivity index is 2.03. The van der Waals surface area contributed by atoms with Crippen LogP contribution >= 0.6 is 0 Å². The number of nitrogens with one attached hydrogen (secondary N) is 2. The van der Waals surface area contributed by atoms with Crippen LogP contribution in [0.4, 0.5) is 24.5 Å². The van der Waals surface area contributed by atoms with E-state index in [1.54, 1.807) is 24.3 Å². The maximum absolute atomic E-state index is 12.4. The molecule has 0 aliphatic carbocycles. The molecule has 0 bridgehead atoms. The topological polar surface area (TPSA) is 78.5 Å². The second-order valence-electron chi connectivity index (χ2n) is 5.82. The first kappa shape index (κ1) is 19.5. The molecule has 140 valence electrons. The summed E-state index contributed by atoms with van der Waals surface area (Å²) in [6.45, 7) is 1.74. The molecule has 1 fully saturated rings. The summed E-state index contributed by atoms with van der Waals surface area (Å²) in [5.74, 6) is -2.62. The Kier molecular flexibility index (Phi) is 6.01. The maximum Gasteiger partial charge on any atom is 0.454 e. The van der Waals surface area contributed by atoms with Crippen molar-refractivity contribution in [3.05, 3.63) is 36.5 Å². The van der Waals surface area contributed by atoms with E-state index in [9.17, 15) is 27.6 Å². The summed E-state index contributed by atoms with van der Waals surface area (Å²) in [6, 6.07) is 5.84. The molecule has 1 aliphatic rings. The monoisotopic (exact) mass is 369 g/mol. The molecule has 1 saturated heterocycles. The molecule has 0 saturated carbocycles. The molecule has 1 heterocycles. The minimum absolute atomic E-state index is 0.255. The molecule has 0 spiro atoms. The summed E-state index contributed by atoms with van der Waals surface area (Å²) < 4.78 is 36.8. The highest BCUT2D eigenvalue weighted by Gasteiger charge is 2.37. The van der Waals surface area contributed by atoms with Gasteiger partial charge in [-0.25, -0.2) is 0 Å². The summed E-state index contributed by atoms with van der Waals surface area (Å²) in [6.07, 6.45) is -2.40. The molecule has 0 aromatic heterocycles. The fourth-order valence-corrected chi connectivity index (χ4v) is 2.61. The number of benzene rings is 1. The summed E-state index contributed by atoms with van der Waals surface area (Å²) in [5.41, 5.74) is 0.956. The van der Waals surface area contributed by atoms with Crippen molar-refractivity contribution < 1.29 is 27.6 Å². The van der Waals surface area contributed by atoms with Crippen LogP contribution in [0, 0.1) is 0 Å². The van der Waals surface area contributed by atoms with E-state index in [-0.39, 0.29) is 5.91 Å². The second-order valence-corrected chi connectivity index (χ2v) is 5.82. The molecule has 6 nitrogen and oxygen atoms in total. The fraction of sp³-hybridized carbons (Fsp3) is 0.353. The number of alkyl halides is 3. The van der Waals surface area contributed by atoms with Crippen LogP contribution in [0.3, 0.4) is 0 Å². The van der Waals surface area contributed by atoms with Crippen molar-refractivity contribution in [2.24, 2.45) is 0 Å². The average molecular weight is 369 g/mol. The van der Waals surface area contributed by atoms with E-state index in [1.807, 2.05) is 0 Å². The minimum atomic E-state index is -4.93. The molecule has 1 aromatic rings. The molecular formula is C17H18F3N3O3. The van der Waals surface area contributed by atoms with Gasteiger partial charge in [0.15, 0.2) is 0 Å². The molecule has 0 radical (unpaired) electrons. The van der Waals surface area contributed by atoms with E-state index in [1.165, 1.54) is 11.8 Å². The highest BCUT2D eigenvalue weighted by molar-refractivity contribution is 5.97. The van der Waals surface area contributed by atoms with Gasteiger partial charge in [0.05, 0.1) is 0 Å². The Morgan fingerprint density at radius 3 is 2.46 bits per heavy atom. The number of carbonyl (C=O) groups excluding carboxylic acids is 3. The number of hydrogen-bond donors (Lipinski definition) is 2. The van der Waals surface area contributed by atoms with Crippen molar-refractivity contribution in [3.63, 3.8) is 0 Å². The maximum atomic E-state index is 12.4. The molecular weight excluding hydrogens is 351 g/mol. The molecule has 2 rings (SSSR count). The van der Waals surface area contributed by atoms with Gasteiger partial charge in [-0.05, 0) is 31.0 Å². The lowest BCUT2D eigenvalue weighted by molar-refractivity contribution is -0.165. The van der Waals surface area contributed by atoms with Crippen LogP contribution in [0.2, 0.25) is 0 Å². The number of carbonyl (C=O) groups is 3. The minimum Gasteiger partial charge on any atom is -0.365 e. The lowest BCUT2D eigenvalue weighted by Crippen LogP contribution is -2.36. The van der Waals surface area contributed by atoms with Crippen LogP contribution in [0.1, 0.15) is 19.8 Å². The third-order valence-corrected chi connectivity index (χ3v) is 3.74. The first-order valence-electron chi connectivity index (χ1n) is 7.90. The van der Waals surface area contributed by atoms with Gasteiger partial charge in [0.25, 0.3) is 5.78 Å².